The summed E-state index contributed by atoms with van der Waals surface area (Å²) in [5.74, 6) is 0. The van der Waals surface area contributed by atoms with Crippen LogP contribution in [0.25, 0.3) is 0 Å². The Morgan fingerprint density at radius 2 is 1.00 bits per heavy atom. The predicted molar refractivity (Wildman–Crippen MR) is 21.4 cm³/mol. The first-order chi connectivity index (χ1) is 2.83. The van der Waals surface area contributed by atoms with Crippen LogP contribution in [0.1, 0.15) is 0 Å². The first-order valence-corrected chi connectivity index (χ1v) is 4.90. The van der Waals surface area contributed by atoms with E-state index >= 15 is 0 Å². The van der Waals surface area contributed by atoms with E-state index in [0.29, 0.717) is 0 Å². The van der Waals surface area contributed by atoms with E-state index < -0.39 is 31.4 Å². The average molecular weight is 236 g/mol. The molecular formula is H2Ge2MgO4. The fourth-order valence-corrected chi connectivity index (χ4v) is 0. The first-order valence-electron chi connectivity index (χ1n) is 0.943. The Morgan fingerprint density at radius 1 is 1.00 bits per heavy atom. The molecule has 0 aliphatic heterocycles. The second-order valence-electron chi connectivity index (χ2n) is 0.192. The van der Waals surface area contributed by atoms with Crippen molar-refractivity contribution in [3.63, 3.8) is 0 Å². The molecule has 0 bridgehead atoms. The maximum absolute atomic E-state index is 8.53. The van der Waals surface area contributed by atoms with Crippen molar-refractivity contribution in [2.45, 2.75) is 0 Å². The van der Waals surface area contributed by atoms with Crippen LogP contribution in [0.15, 0.2) is 0 Å². The molecule has 0 N–H and O–H groups in total. The molecule has 0 aliphatic carbocycles. The monoisotopic (exact) mass is 238 g/mol. The van der Waals surface area contributed by atoms with Crippen molar-refractivity contribution in [2.75, 3.05) is 0 Å². The molecule has 0 aromatic rings. The SMILES string of the molecule is [Mg+2].[O]=[GeH][O-].[O]=[GeH][O-]. The van der Waals surface area contributed by atoms with Gasteiger partial charge in [0.2, 0.25) is 0 Å². The van der Waals surface area contributed by atoms with Crippen LogP contribution < -0.4 is 8.27 Å². The van der Waals surface area contributed by atoms with Crippen molar-refractivity contribution >= 4 is 54.5 Å². The number of hydrogen-bond donors (Lipinski definition) is 0. The van der Waals surface area contributed by atoms with Gasteiger partial charge in [-0.3, -0.25) is 0 Å². The second-order valence-corrected chi connectivity index (χ2v) is 1.00. The molecule has 0 unspecified atom stereocenters. The number of hydrogen-bond acceptors (Lipinski definition) is 4. The van der Waals surface area contributed by atoms with Crippen molar-refractivity contribution in [3.8, 4) is 0 Å². The zero-order chi connectivity index (χ0) is 5.41. The Hall–Kier alpha value is 1.05. The Morgan fingerprint density at radius 3 is 1.00 bits per heavy atom. The zero-order valence-electron chi connectivity index (χ0n) is 3.49. The standard InChI is InChI=1S/2GeHO2.Mg/c2*2-1-3;/h2*1H;/q2*-1;+2. The minimum absolute atomic E-state index is 0. The van der Waals surface area contributed by atoms with Crippen LogP contribution in [0.5, 0.6) is 0 Å². The maximum atomic E-state index is 8.53. The van der Waals surface area contributed by atoms with E-state index in [2.05, 4.69) is 0 Å². The molecule has 7 heteroatoms. The van der Waals surface area contributed by atoms with Gasteiger partial charge >= 0.3 is 70.3 Å². The molecule has 0 radical (unpaired) electrons. The Labute approximate surface area is 69.9 Å². The quantitative estimate of drug-likeness (QED) is 0.398. The van der Waals surface area contributed by atoms with E-state index in [1.807, 2.05) is 0 Å². The van der Waals surface area contributed by atoms with Gasteiger partial charge in [-0.2, -0.15) is 0 Å². The van der Waals surface area contributed by atoms with Crippen LogP contribution in [-0.4, -0.2) is 54.5 Å². The van der Waals surface area contributed by atoms with Gasteiger partial charge in [-0.05, 0) is 0 Å². The fraction of sp³-hybridized carbons (Fsp3) is 0. The molecule has 0 heterocycles. The van der Waals surface area contributed by atoms with Gasteiger partial charge in [0.05, 0.1) is 0 Å². The third-order valence-corrected chi connectivity index (χ3v) is 0. The molecule has 0 saturated carbocycles. The molecule has 0 rings (SSSR count). The molecule has 7 heavy (non-hydrogen) atoms. The minimum atomic E-state index is -2.19. The summed E-state index contributed by atoms with van der Waals surface area (Å²) in [5.41, 5.74) is 0. The summed E-state index contributed by atoms with van der Waals surface area (Å²) in [6.45, 7) is 0. The van der Waals surface area contributed by atoms with Crippen LogP contribution in [-0.2, 0) is 7.56 Å². The van der Waals surface area contributed by atoms with Crippen molar-refractivity contribution in [3.05, 3.63) is 0 Å². The van der Waals surface area contributed by atoms with Crippen LogP contribution in [0.3, 0.4) is 0 Å². The van der Waals surface area contributed by atoms with Crippen LogP contribution in [0, 0.1) is 0 Å². The van der Waals surface area contributed by atoms with Gasteiger partial charge in [-0.25, -0.2) is 0 Å². The first kappa shape index (κ1) is 15.7. The van der Waals surface area contributed by atoms with Crippen molar-refractivity contribution in [2.24, 2.45) is 0 Å². The van der Waals surface area contributed by atoms with Crippen molar-refractivity contribution < 1.29 is 15.8 Å². The Kier molecular flexibility index (Phi) is 62.2. The molecule has 0 saturated heterocycles. The molecule has 0 fully saturated rings. The molecule has 0 aliphatic rings. The van der Waals surface area contributed by atoms with Gasteiger partial charge < -0.3 is 0 Å². The summed E-state index contributed by atoms with van der Waals surface area (Å²) in [6, 6.07) is 0. The third kappa shape index (κ3) is 163. The predicted octanol–water partition coefficient (Wildman–Crippen LogP) is -4.29. The third-order valence-electron chi connectivity index (χ3n) is 0. The molecule has 0 atom stereocenters. The van der Waals surface area contributed by atoms with Crippen LogP contribution in [0.4, 0.5) is 0 Å². The summed E-state index contributed by atoms with van der Waals surface area (Å²) < 4.78 is 34.1. The molecule has 4 nitrogen and oxygen atoms in total. The van der Waals surface area contributed by atoms with E-state index in [1.54, 1.807) is 0 Å². The molecule has 0 aromatic carbocycles. The Bertz CT molecular complexity index is 30.7. The van der Waals surface area contributed by atoms with Gasteiger partial charge in [-0.1, -0.05) is 0 Å². The summed E-state index contributed by atoms with van der Waals surface area (Å²) in [5, 5.41) is 0. The van der Waals surface area contributed by atoms with Crippen molar-refractivity contribution in [1.29, 1.82) is 0 Å². The summed E-state index contributed by atoms with van der Waals surface area (Å²) in [6.07, 6.45) is 0. The summed E-state index contributed by atoms with van der Waals surface area (Å²) >= 11 is -4.38. The average Bonchev–Trinajstić information content (AvgIpc) is 1.39. The zero-order valence-corrected chi connectivity index (χ0v) is 9.75. The second kappa shape index (κ2) is 27.7. The fourth-order valence-electron chi connectivity index (χ4n) is 0. The van der Waals surface area contributed by atoms with Gasteiger partial charge in [0, 0.05) is 0 Å². The number of rotatable bonds is 0. The summed E-state index contributed by atoms with van der Waals surface area (Å²) in [4.78, 5) is 0. The van der Waals surface area contributed by atoms with E-state index in [9.17, 15) is 0 Å². The van der Waals surface area contributed by atoms with Gasteiger partial charge in [0.25, 0.3) is 0 Å². The van der Waals surface area contributed by atoms with Crippen LogP contribution >= 0.6 is 0 Å². The normalized spacial score (nSPS) is 3.43. The van der Waals surface area contributed by atoms with Gasteiger partial charge in [-0.15, -0.1) is 0 Å². The summed E-state index contributed by atoms with van der Waals surface area (Å²) in [7, 11) is 0. The van der Waals surface area contributed by atoms with E-state index in [4.69, 9.17) is 15.8 Å². The van der Waals surface area contributed by atoms with Crippen molar-refractivity contribution in [1.82, 2.24) is 0 Å². The molecule has 36 valence electrons. The molecule has 0 amide bonds. The van der Waals surface area contributed by atoms with E-state index in [-0.39, 0.29) is 23.1 Å². The van der Waals surface area contributed by atoms with E-state index in [1.165, 1.54) is 0 Å². The van der Waals surface area contributed by atoms with Crippen LogP contribution in [0.2, 0.25) is 0 Å². The van der Waals surface area contributed by atoms with Gasteiger partial charge in [0.1, 0.15) is 0 Å². The molecule has 0 aromatic heterocycles. The molecule has 0 spiro atoms. The topological polar surface area (TPSA) is 80.3 Å². The van der Waals surface area contributed by atoms with E-state index in [0.717, 1.165) is 0 Å². The Balaban J connectivity index is -0.0000000400. The van der Waals surface area contributed by atoms with Gasteiger partial charge in [0.15, 0.2) is 0 Å². The molecular weight excluding hydrogens is 234 g/mol.